The summed E-state index contributed by atoms with van der Waals surface area (Å²) < 4.78 is 0. The molecule has 0 aliphatic carbocycles. The molecule has 1 aliphatic heterocycles. The minimum absolute atomic E-state index is 0.147. The minimum atomic E-state index is -0.467. The van der Waals surface area contributed by atoms with E-state index >= 15 is 0 Å². The second-order valence-electron chi connectivity index (χ2n) is 6.34. The Morgan fingerprint density at radius 3 is 2.82 bits per heavy atom. The molecule has 22 heavy (non-hydrogen) atoms. The molecule has 0 spiro atoms. The van der Waals surface area contributed by atoms with Gasteiger partial charge in [-0.05, 0) is 38.3 Å². The zero-order chi connectivity index (χ0) is 15.9. The van der Waals surface area contributed by atoms with Crippen molar-refractivity contribution in [1.82, 2.24) is 10.2 Å². The lowest BCUT2D eigenvalue weighted by atomic mass is 10.0. The number of hydrogen-bond donors (Lipinski definition) is 2. The van der Waals surface area contributed by atoms with E-state index in [-0.39, 0.29) is 11.9 Å². The van der Waals surface area contributed by atoms with E-state index in [1.807, 2.05) is 38.1 Å². The van der Waals surface area contributed by atoms with Gasteiger partial charge in [0.25, 0.3) is 0 Å². The molecule has 0 radical (unpaired) electrons. The van der Waals surface area contributed by atoms with Gasteiger partial charge in [-0.1, -0.05) is 36.8 Å². The van der Waals surface area contributed by atoms with Crippen LogP contribution < -0.4 is 5.32 Å². The van der Waals surface area contributed by atoms with E-state index in [1.165, 1.54) is 5.56 Å². The molecule has 122 valence electrons. The van der Waals surface area contributed by atoms with E-state index in [4.69, 9.17) is 0 Å². The van der Waals surface area contributed by atoms with Gasteiger partial charge in [-0.15, -0.1) is 0 Å². The smallest absolute Gasteiger partial charge is 0.220 e. The number of aliphatic hydroxyl groups is 1. The lowest BCUT2D eigenvalue weighted by Gasteiger charge is -2.34. The molecular formula is C18H28N2O2. The zero-order valence-corrected chi connectivity index (χ0v) is 13.7. The monoisotopic (exact) mass is 304 g/mol. The zero-order valence-electron chi connectivity index (χ0n) is 13.7. The van der Waals surface area contributed by atoms with E-state index in [9.17, 15) is 9.90 Å². The second-order valence-corrected chi connectivity index (χ2v) is 6.34. The van der Waals surface area contributed by atoms with Crippen molar-refractivity contribution in [1.29, 1.82) is 0 Å². The van der Waals surface area contributed by atoms with Gasteiger partial charge in [-0.3, -0.25) is 9.69 Å². The van der Waals surface area contributed by atoms with Gasteiger partial charge < -0.3 is 10.4 Å². The number of aliphatic hydroxyl groups excluding tert-OH is 1. The molecule has 4 heteroatoms. The molecule has 2 atom stereocenters. The first-order valence-electron chi connectivity index (χ1n) is 8.35. The van der Waals surface area contributed by atoms with Gasteiger partial charge in [0.1, 0.15) is 0 Å². The number of nitrogens with one attached hydrogen (secondary N) is 1. The Hall–Kier alpha value is -1.39. The highest BCUT2D eigenvalue weighted by Gasteiger charge is 2.23. The molecular weight excluding hydrogens is 276 g/mol. The highest BCUT2D eigenvalue weighted by Crippen LogP contribution is 2.18. The van der Waals surface area contributed by atoms with Crippen LogP contribution in [0.1, 0.15) is 49.8 Å². The molecule has 1 amide bonds. The molecule has 1 aromatic carbocycles. The van der Waals surface area contributed by atoms with Crippen LogP contribution in [0.25, 0.3) is 0 Å². The van der Waals surface area contributed by atoms with Crippen molar-refractivity contribution in [2.24, 2.45) is 0 Å². The fourth-order valence-electron chi connectivity index (χ4n) is 3.00. The van der Waals surface area contributed by atoms with Crippen molar-refractivity contribution in [3.63, 3.8) is 0 Å². The maximum absolute atomic E-state index is 11.7. The summed E-state index contributed by atoms with van der Waals surface area (Å²) in [4.78, 5) is 14.0. The van der Waals surface area contributed by atoms with Gasteiger partial charge in [0.2, 0.25) is 5.91 Å². The van der Waals surface area contributed by atoms with Crippen LogP contribution in [0.5, 0.6) is 0 Å². The molecule has 0 aromatic heterocycles. The predicted octanol–water partition coefficient (Wildman–Crippen LogP) is 2.41. The Balaban J connectivity index is 1.84. The van der Waals surface area contributed by atoms with Crippen molar-refractivity contribution >= 4 is 5.91 Å². The molecule has 2 unspecified atom stereocenters. The minimum Gasteiger partial charge on any atom is -0.387 e. The fraction of sp³-hybridized carbons (Fsp3) is 0.611. The van der Waals surface area contributed by atoms with E-state index in [0.717, 1.165) is 37.9 Å². The van der Waals surface area contributed by atoms with Gasteiger partial charge in [-0.25, -0.2) is 0 Å². The lowest BCUT2D eigenvalue weighted by molar-refractivity contribution is -0.122. The van der Waals surface area contributed by atoms with Gasteiger partial charge in [-0.2, -0.15) is 0 Å². The van der Waals surface area contributed by atoms with Gasteiger partial charge >= 0.3 is 0 Å². The van der Waals surface area contributed by atoms with Crippen LogP contribution in [0.15, 0.2) is 24.3 Å². The molecule has 1 aliphatic rings. The summed E-state index contributed by atoms with van der Waals surface area (Å²) >= 11 is 0. The third kappa shape index (κ3) is 5.11. The van der Waals surface area contributed by atoms with Crippen molar-refractivity contribution in [2.45, 2.75) is 51.7 Å². The first-order valence-corrected chi connectivity index (χ1v) is 8.35. The number of piperidine rings is 1. The van der Waals surface area contributed by atoms with Gasteiger partial charge in [0.15, 0.2) is 0 Å². The topological polar surface area (TPSA) is 52.6 Å². The standard InChI is InChI=1S/C18H28N2O2/c1-3-5-18(22)19-16-6-4-11-20(12-16)13-17(21)15-9-7-14(2)8-10-15/h7-10,16-17,21H,3-6,11-13H2,1-2H3,(H,19,22). The molecule has 4 nitrogen and oxygen atoms in total. The van der Waals surface area contributed by atoms with Crippen molar-refractivity contribution in [3.05, 3.63) is 35.4 Å². The quantitative estimate of drug-likeness (QED) is 0.848. The van der Waals surface area contributed by atoms with E-state index in [0.29, 0.717) is 13.0 Å². The summed E-state index contributed by atoms with van der Waals surface area (Å²) in [6.45, 7) is 6.51. The molecule has 1 saturated heterocycles. The van der Waals surface area contributed by atoms with E-state index in [2.05, 4.69) is 10.2 Å². The number of amides is 1. The third-order valence-corrected chi connectivity index (χ3v) is 4.24. The largest absolute Gasteiger partial charge is 0.387 e. The van der Waals surface area contributed by atoms with Crippen LogP contribution in [0.2, 0.25) is 0 Å². The van der Waals surface area contributed by atoms with Crippen LogP contribution in [0.4, 0.5) is 0 Å². The molecule has 0 saturated carbocycles. The second kappa shape index (κ2) is 8.30. The number of hydrogen-bond acceptors (Lipinski definition) is 3. The molecule has 1 fully saturated rings. The molecule has 2 N–H and O–H groups in total. The highest BCUT2D eigenvalue weighted by molar-refractivity contribution is 5.76. The Labute approximate surface area is 133 Å². The SMILES string of the molecule is CCCC(=O)NC1CCCN(CC(O)c2ccc(C)cc2)C1. The Morgan fingerprint density at radius 1 is 1.41 bits per heavy atom. The Bertz CT molecular complexity index is 472. The Morgan fingerprint density at radius 2 is 2.14 bits per heavy atom. The van der Waals surface area contributed by atoms with Crippen LogP contribution in [0, 0.1) is 6.92 Å². The van der Waals surface area contributed by atoms with Crippen LogP contribution in [0.3, 0.4) is 0 Å². The van der Waals surface area contributed by atoms with Crippen LogP contribution >= 0.6 is 0 Å². The average molecular weight is 304 g/mol. The summed E-state index contributed by atoms with van der Waals surface area (Å²) in [5.74, 6) is 0.147. The number of carbonyl (C=O) groups is 1. The normalized spacial score (nSPS) is 20.6. The first kappa shape index (κ1) is 17.0. The highest BCUT2D eigenvalue weighted by atomic mass is 16.3. The van der Waals surface area contributed by atoms with Crippen molar-refractivity contribution in [3.8, 4) is 0 Å². The summed E-state index contributed by atoms with van der Waals surface area (Å²) in [6, 6.07) is 8.26. The van der Waals surface area contributed by atoms with E-state index < -0.39 is 6.10 Å². The first-order chi connectivity index (χ1) is 10.6. The van der Waals surface area contributed by atoms with Crippen LogP contribution in [-0.2, 0) is 4.79 Å². The number of likely N-dealkylation sites (tertiary alicyclic amines) is 1. The summed E-state index contributed by atoms with van der Waals surface area (Å²) in [7, 11) is 0. The summed E-state index contributed by atoms with van der Waals surface area (Å²) in [5, 5.41) is 13.5. The number of rotatable bonds is 6. The number of benzene rings is 1. The van der Waals surface area contributed by atoms with Gasteiger partial charge in [0.05, 0.1) is 6.10 Å². The maximum Gasteiger partial charge on any atom is 0.220 e. The number of nitrogens with zero attached hydrogens (tertiary/aromatic N) is 1. The lowest BCUT2D eigenvalue weighted by Crippen LogP contribution is -2.48. The molecule has 0 bridgehead atoms. The number of aryl methyl sites for hydroxylation is 1. The van der Waals surface area contributed by atoms with Crippen molar-refractivity contribution < 1.29 is 9.90 Å². The van der Waals surface area contributed by atoms with Crippen LogP contribution in [-0.4, -0.2) is 41.6 Å². The molecule has 1 heterocycles. The van der Waals surface area contributed by atoms with E-state index in [1.54, 1.807) is 0 Å². The number of β-amino-alcohol motifs (C(OH)–C–C–N with tert-alkyl or cyclic N) is 1. The maximum atomic E-state index is 11.7. The Kier molecular flexibility index (Phi) is 6.40. The fourth-order valence-corrected chi connectivity index (χ4v) is 3.00. The summed E-state index contributed by atoms with van der Waals surface area (Å²) in [6.07, 6.45) is 3.12. The third-order valence-electron chi connectivity index (χ3n) is 4.24. The number of carbonyl (C=O) groups excluding carboxylic acids is 1. The molecule has 1 aromatic rings. The van der Waals surface area contributed by atoms with Crippen molar-refractivity contribution in [2.75, 3.05) is 19.6 Å². The average Bonchev–Trinajstić information content (AvgIpc) is 2.48. The van der Waals surface area contributed by atoms with Gasteiger partial charge in [0, 0.05) is 25.6 Å². The summed E-state index contributed by atoms with van der Waals surface area (Å²) in [5.41, 5.74) is 2.16. The molecule has 2 rings (SSSR count). The predicted molar refractivity (Wildman–Crippen MR) is 88.7 cm³/mol.